The van der Waals surface area contributed by atoms with E-state index in [1.807, 2.05) is 12.1 Å². The second-order valence-electron chi connectivity index (χ2n) is 5.97. The number of aliphatic hydroxyl groups is 1. The minimum absolute atomic E-state index is 0.0362. The minimum Gasteiger partial charge on any atom is -0.392 e. The molecule has 1 aromatic heterocycles. The lowest BCUT2D eigenvalue weighted by Crippen LogP contribution is -2.10. The van der Waals surface area contributed by atoms with Crippen molar-refractivity contribution in [1.29, 1.82) is 0 Å². The first kappa shape index (κ1) is 20.0. The van der Waals surface area contributed by atoms with Gasteiger partial charge in [0.05, 0.1) is 15.7 Å². The zero-order chi connectivity index (χ0) is 19.4. The van der Waals surface area contributed by atoms with E-state index in [1.54, 1.807) is 41.9 Å². The predicted octanol–water partition coefficient (Wildman–Crippen LogP) is 5.42. The fraction of sp³-hybridized carbons (Fsp3) is 0.190. The Kier molecular flexibility index (Phi) is 6.65. The maximum absolute atomic E-state index is 9.73. The molecule has 1 heterocycles. The van der Waals surface area contributed by atoms with Crippen LogP contribution in [-0.4, -0.2) is 24.2 Å². The van der Waals surface area contributed by atoms with Crippen LogP contribution < -0.4 is 5.73 Å². The average Bonchev–Trinajstić information content (AvgIpc) is 3.10. The largest absolute Gasteiger partial charge is 0.392 e. The van der Waals surface area contributed by atoms with Gasteiger partial charge in [-0.15, -0.1) is 23.1 Å². The molecule has 27 heavy (non-hydrogen) atoms. The summed E-state index contributed by atoms with van der Waals surface area (Å²) in [5.74, 6) is 0.573. The molecular formula is C21H22N2OS3. The SMILES string of the molecule is CN=C(N)c1cc(Sc2cccc(-c3c(C)cccc3CO)c2)c(SC)s1. The molecule has 0 atom stereocenters. The highest BCUT2D eigenvalue weighted by molar-refractivity contribution is 8.03. The lowest BCUT2D eigenvalue weighted by atomic mass is 9.95. The first-order valence-electron chi connectivity index (χ1n) is 8.45. The number of aliphatic imine (C=N–C) groups is 1. The lowest BCUT2D eigenvalue weighted by Gasteiger charge is -2.12. The maximum Gasteiger partial charge on any atom is 0.135 e. The van der Waals surface area contributed by atoms with Crippen molar-refractivity contribution in [3.05, 3.63) is 64.5 Å². The van der Waals surface area contributed by atoms with Gasteiger partial charge in [-0.05, 0) is 53.6 Å². The third-order valence-electron chi connectivity index (χ3n) is 4.22. The van der Waals surface area contributed by atoms with Gasteiger partial charge in [0, 0.05) is 16.8 Å². The summed E-state index contributed by atoms with van der Waals surface area (Å²) in [6.07, 6.45) is 2.08. The lowest BCUT2D eigenvalue weighted by molar-refractivity contribution is 0.282. The van der Waals surface area contributed by atoms with E-state index in [-0.39, 0.29) is 6.61 Å². The van der Waals surface area contributed by atoms with E-state index in [9.17, 15) is 5.11 Å². The number of thioether (sulfide) groups is 1. The molecule has 0 spiro atoms. The Hall–Kier alpha value is -1.73. The van der Waals surface area contributed by atoms with Crippen molar-refractivity contribution in [2.24, 2.45) is 10.7 Å². The standard InChI is InChI=1S/C21H22N2OS3/c1-13-6-4-8-15(12-24)19(13)14-7-5-9-16(10-14)26-18-11-17(20(22)23-2)27-21(18)25-3/h4-11,24H,12H2,1-3H3,(H2,22,23). The molecule has 0 fully saturated rings. The van der Waals surface area contributed by atoms with Crippen LogP contribution in [0, 0.1) is 6.92 Å². The van der Waals surface area contributed by atoms with E-state index in [4.69, 9.17) is 5.73 Å². The van der Waals surface area contributed by atoms with Crippen LogP contribution in [0.3, 0.4) is 0 Å². The van der Waals surface area contributed by atoms with E-state index in [0.717, 1.165) is 26.5 Å². The third-order valence-corrected chi connectivity index (χ3v) is 7.81. The van der Waals surface area contributed by atoms with Crippen LogP contribution in [0.5, 0.6) is 0 Å². The molecular weight excluding hydrogens is 392 g/mol. The van der Waals surface area contributed by atoms with Crippen LogP contribution in [0.15, 0.2) is 67.5 Å². The summed E-state index contributed by atoms with van der Waals surface area (Å²) in [6.45, 7) is 2.12. The number of hydrogen-bond donors (Lipinski definition) is 2. The molecule has 3 nitrogen and oxygen atoms in total. The summed E-state index contributed by atoms with van der Waals surface area (Å²) < 4.78 is 1.24. The summed E-state index contributed by atoms with van der Waals surface area (Å²) in [7, 11) is 1.71. The van der Waals surface area contributed by atoms with E-state index in [1.165, 1.54) is 14.7 Å². The highest BCUT2D eigenvalue weighted by Gasteiger charge is 2.13. The first-order chi connectivity index (χ1) is 13.1. The van der Waals surface area contributed by atoms with Crippen LogP contribution >= 0.6 is 34.9 Å². The second kappa shape index (κ2) is 8.97. The molecule has 6 heteroatoms. The molecule has 0 aliphatic heterocycles. The van der Waals surface area contributed by atoms with E-state index >= 15 is 0 Å². The number of thiophene rings is 1. The van der Waals surface area contributed by atoms with Crippen LogP contribution in [-0.2, 0) is 6.61 Å². The molecule has 3 rings (SSSR count). The Morgan fingerprint density at radius 2 is 1.96 bits per heavy atom. The molecule has 0 radical (unpaired) electrons. The normalized spacial score (nSPS) is 11.8. The summed E-state index contributed by atoms with van der Waals surface area (Å²) in [4.78, 5) is 7.45. The van der Waals surface area contributed by atoms with Gasteiger partial charge in [0.15, 0.2) is 0 Å². The maximum atomic E-state index is 9.73. The number of aliphatic hydroxyl groups excluding tert-OH is 1. The molecule has 3 N–H and O–H groups in total. The number of benzene rings is 2. The fourth-order valence-electron chi connectivity index (χ4n) is 2.92. The smallest absolute Gasteiger partial charge is 0.135 e. The van der Waals surface area contributed by atoms with E-state index < -0.39 is 0 Å². The number of amidine groups is 1. The average molecular weight is 415 g/mol. The Morgan fingerprint density at radius 1 is 1.19 bits per heavy atom. The highest BCUT2D eigenvalue weighted by atomic mass is 32.2. The zero-order valence-corrected chi connectivity index (χ0v) is 18.0. The van der Waals surface area contributed by atoms with Gasteiger partial charge in [-0.2, -0.15) is 0 Å². The van der Waals surface area contributed by atoms with Crippen molar-refractivity contribution in [1.82, 2.24) is 0 Å². The molecule has 140 valence electrons. The molecule has 2 aromatic carbocycles. The predicted molar refractivity (Wildman–Crippen MR) is 119 cm³/mol. The summed E-state index contributed by atoms with van der Waals surface area (Å²) in [5.41, 5.74) is 10.3. The number of hydrogen-bond acceptors (Lipinski definition) is 5. The number of nitrogens with two attached hydrogens (primary N) is 1. The van der Waals surface area contributed by atoms with Crippen molar-refractivity contribution >= 4 is 40.7 Å². The Bertz CT molecular complexity index is 979. The van der Waals surface area contributed by atoms with Crippen molar-refractivity contribution in [3.63, 3.8) is 0 Å². The van der Waals surface area contributed by atoms with Gasteiger partial charge in [-0.25, -0.2) is 0 Å². The van der Waals surface area contributed by atoms with Gasteiger partial charge in [0.2, 0.25) is 0 Å². The minimum atomic E-state index is 0.0362. The molecule has 0 saturated heterocycles. The van der Waals surface area contributed by atoms with Crippen molar-refractivity contribution in [2.45, 2.75) is 27.5 Å². The quantitative estimate of drug-likeness (QED) is 0.321. The van der Waals surface area contributed by atoms with Gasteiger partial charge in [0.1, 0.15) is 5.84 Å². The first-order valence-corrected chi connectivity index (χ1v) is 11.3. The second-order valence-corrected chi connectivity index (χ2v) is 9.21. The molecule has 0 saturated carbocycles. The van der Waals surface area contributed by atoms with Gasteiger partial charge >= 0.3 is 0 Å². The molecule has 3 aromatic rings. The Labute approximate surface area is 172 Å². The summed E-state index contributed by atoms with van der Waals surface area (Å²) in [5, 5.41) is 9.73. The van der Waals surface area contributed by atoms with E-state index in [0.29, 0.717) is 5.84 Å². The molecule has 0 amide bonds. The van der Waals surface area contributed by atoms with Gasteiger partial charge in [-0.3, -0.25) is 4.99 Å². The summed E-state index contributed by atoms with van der Waals surface area (Å²) >= 11 is 5.13. The van der Waals surface area contributed by atoms with Crippen molar-refractivity contribution in [2.75, 3.05) is 13.3 Å². The van der Waals surface area contributed by atoms with Crippen molar-refractivity contribution < 1.29 is 5.11 Å². The Balaban J connectivity index is 1.98. The highest BCUT2D eigenvalue weighted by Crippen LogP contribution is 2.41. The molecule has 0 aliphatic carbocycles. The van der Waals surface area contributed by atoms with Gasteiger partial charge in [0.25, 0.3) is 0 Å². The van der Waals surface area contributed by atoms with Crippen LogP contribution in [0.2, 0.25) is 0 Å². The molecule has 0 unspecified atom stereocenters. The van der Waals surface area contributed by atoms with Crippen LogP contribution in [0.1, 0.15) is 16.0 Å². The zero-order valence-electron chi connectivity index (χ0n) is 15.5. The molecule has 0 aliphatic rings. The monoisotopic (exact) mass is 414 g/mol. The summed E-state index contributed by atoms with van der Waals surface area (Å²) in [6, 6.07) is 16.6. The number of rotatable bonds is 6. The third kappa shape index (κ3) is 4.41. The number of aryl methyl sites for hydroxylation is 1. The topological polar surface area (TPSA) is 58.6 Å². The van der Waals surface area contributed by atoms with Crippen LogP contribution in [0.25, 0.3) is 11.1 Å². The van der Waals surface area contributed by atoms with Gasteiger partial charge in [-0.1, -0.05) is 42.1 Å². The van der Waals surface area contributed by atoms with Crippen LogP contribution in [0.4, 0.5) is 0 Å². The van der Waals surface area contributed by atoms with E-state index in [2.05, 4.69) is 54.6 Å². The fourth-order valence-corrected chi connectivity index (χ4v) is 6.06. The Morgan fingerprint density at radius 3 is 2.67 bits per heavy atom. The molecule has 0 bridgehead atoms. The number of nitrogens with zero attached hydrogens (tertiary/aromatic N) is 1. The van der Waals surface area contributed by atoms with Crippen molar-refractivity contribution in [3.8, 4) is 11.1 Å². The van der Waals surface area contributed by atoms with Gasteiger partial charge < -0.3 is 10.8 Å².